The largest absolute Gasteiger partial charge is 0.385 e. The van der Waals surface area contributed by atoms with Gasteiger partial charge in [-0.05, 0) is 43.9 Å². The summed E-state index contributed by atoms with van der Waals surface area (Å²) in [5.74, 6) is 0. The van der Waals surface area contributed by atoms with Crippen LogP contribution in [0.5, 0.6) is 0 Å². The summed E-state index contributed by atoms with van der Waals surface area (Å²) in [5.41, 5.74) is 5.66. The Morgan fingerprint density at radius 2 is 2.11 bits per heavy atom. The number of aliphatic hydroxyl groups is 1. The number of nitrogens with two attached hydrogens (primary N) is 1. The zero-order valence-corrected chi connectivity index (χ0v) is 12.7. The summed E-state index contributed by atoms with van der Waals surface area (Å²) in [6.07, 6.45) is 3.32. The highest BCUT2D eigenvalue weighted by molar-refractivity contribution is 9.10. The van der Waals surface area contributed by atoms with Gasteiger partial charge in [-0.2, -0.15) is 0 Å². The van der Waals surface area contributed by atoms with E-state index in [0.29, 0.717) is 6.54 Å². The minimum atomic E-state index is -0.956. The van der Waals surface area contributed by atoms with Crippen molar-refractivity contribution in [1.82, 2.24) is 0 Å². The Morgan fingerprint density at radius 1 is 1.42 bits per heavy atom. The zero-order valence-electron chi connectivity index (χ0n) is 11.1. The molecule has 0 aliphatic carbocycles. The smallest absolute Gasteiger partial charge is 0.0962 e. The van der Waals surface area contributed by atoms with Gasteiger partial charge in [-0.25, -0.2) is 0 Å². The molecule has 0 amide bonds. The molecule has 1 aromatic rings. The van der Waals surface area contributed by atoms with Crippen molar-refractivity contribution in [2.24, 2.45) is 11.1 Å². The van der Waals surface area contributed by atoms with Crippen LogP contribution in [-0.4, -0.2) is 23.9 Å². The normalized spacial score (nSPS) is 36.4. The Balaban J connectivity index is 2.00. The lowest BCUT2D eigenvalue weighted by molar-refractivity contribution is -0.105. The summed E-state index contributed by atoms with van der Waals surface area (Å²) in [7, 11) is 0. The van der Waals surface area contributed by atoms with E-state index in [9.17, 15) is 5.11 Å². The molecule has 2 heterocycles. The van der Waals surface area contributed by atoms with Crippen LogP contribution in [0.2, 0.25) is 0 Å². The zero-order chi connectivity index (χ0) is 13.7. The molecule has 4 atom stereocenters. The fourth-order valence-electron chi connectivity index (χ4n) is 3.79. The second kappa shape index (κ2) is 4.55. The first-order valence-corrected chi connectivity index (χ1v) is 7.63. The molecule has 3 N–H and O–H groups in total. The second-order valence-corrected chi connectivity index (χ2v) is 6.88. The highest BCUT2D eigenvalue weighted by Crippen LogP contribution is 2.56. The molecule has 2 fully saturated rings. The van der Waals surface area contributed by atoms with E-state index in [4.69, 9.17) is 10.5 Å². The van der Waals surface area contributed by atoms with Crippen LogP contribution in [0.3, 0.4) is 0 Å². The van der Waals surface area contributed by atoms with E-state index in [1.54, 1.807) is 0 Å². The van der Waals surface area contributed by atoms with Gasteiger partial charge in [0, 0.05) is 16.4 Å². The average Bonchev–Trinajstić information content (AvgIpc) is 3.00. The molecular weight excluding hydrogens is 306 g/mol. The maximum absolute atomic E-state index is 11.2. The van der Waals surface area contributed by atoms with Gasteiger partial charge in [-0.15, -0.1) is 0 Å². The van der Waals surface area contributed by atoms with Crippen LogP contribution in [0, 0.1) is 5.41 Å². The summed E-state index contributed by atoms with van der Waals surface area (Å²) in [5, 5.41) is 11.2. The summed E-state index contributed by atoms with van der Waals surface area (Å²) in [6, 6.07) is 7.85. The molecule has 104 valence electrons. The van der Waals surface area contributed by atoms with Gasteiger partial charge in [-0.3, -0.25) is 0 Å². The third kappa shape index (κ3) is 1.88. The van der Waals surface area contributed by atoms with Crippen molar-refractivity contribution in [3.63, 3.8) is 0 Å². The molecule has 0 radical (unpaired) electrons. The SMILES string of the molecule is CC(O)(c1ccc(Br)cc1)C1(CN)CC2CCC1O2. The number of hydrogen-bond donors (Lipinski definition) is 2. The predicted octanol–water partition coefficient (Wildman–Crippen LogP) is 2.55. The number of fused-ring (bicyclic) bond motifs is 2. The highest BCUT2D eigenvalue weighted by Gasteiger charge is 2.60. The van der Waals surface area contributed by atoms with Crippen LogP contribution in [0.4, 0.5) is 0 Å². The van der Waals surface area contributed by atoms with Crippen LogP contribution in [0.15, 0.2) is 28.7 Å². The molecule has 0 saturated carbocycles. The Labute approximate surface area is 122 Å². The minimum absolute atomic E-state index is 0.0844. The highest BCUT2D eigenvalue weighted by atomic mass is 79.9. The third-order valence-electron chi connectivity index (χ3n) is 5.06. The molecule has 2 aliphatic rings. The van der Waals surface area contributed by atoms with Gasteiger partial charge in [-0.1, -0.05) is 28.1 Å². The van der Waals surface area contributed by atoms with Crippen molar-refractivity contribution in [2.45, 2.75) is 44.0 Å². The lowest BCUT2D eigenvalue weighted by atomic mass is 9.61. The molecule has 2 saturated heterocycles. The number of ether oxygens (including phenoxy) is 1. The van der Waals surface area contributed by atoms with Gasteiger partial charge in [0.05, 0.1) is 17.8 Å². The number of benzene rings is 1. The lowest BCUT2D eigenvalue weighted by Gasteiger charge is -2.46. The van der Waals surface area contributed by atoms with Crippen LogP contribution < -0.4 is 5.73 Å². The van der Waals surface area contributed by atoms with Crippen LogP contribution in [0.1, 0.15) is 31.7 Å². The fourth-order valence-corrected chi connectivity index (χ4v) is 4.05. The number of hydrogen-bond acceptors (Lipinski definition) is 3. The van der Waals surface area contributed by atoms with Crippen molar-refractivity contribution in [3.05, 3.63) is 34.3 Å². The molecule has 1 aromatic carbocycles. The van der Waals surface area contributed by atoms with E-state index in [0.717, 1.165) is 29.3 Å². The lowest BCUT2D eigenvalue weighted by Crippen LogP contribution is -2.54. The first kappa shape index (κ1) is 13.6. The van der Waals surface area contributed by atoms with E-state index in [1.807, 2.05) is 31.2 Å². The monoisotopic (exact) mass is 325 g/mol. The molecule has 4 unspecified atom stereocenters. The summed E-state index contributed by atoms with van der Waals surface area (Å²) >= 11 is 3.43. The van der Waals surface area contributed by atoms with E-state index >= 15 is 0 Å². The van der Waals surface area contributed by atoms with Gasteiger partial charge in [0.1, 0.15) is 0 Å². The molecule has 0 spiro atoms. The topological polar surface area (TPSA) is 55.5 Å². The molecule has 3 nitrogen and oxygen atoms in total. The maximum Gasteiger partial charge on any atom is 0.0962 e. The van der Waals surface area contributed by atoms with Gasteiger partial charge in [0.15, 0.2) is 0 Å². The van der Waals surface area contributed by atoms with Crippen molar-refractivity contribution < 1.29 is 9.84 Å². The van der Waals surface area contributed by atoms with Crippen molar-refractivity contribution in [2.75, 3.05) is 6.54 Å². The molecule has 19 heavy (non-hydrogen) atoms. The van der Waals surface area contributed by atoms with Gasteiger partial charge >= 0.3 is 0 Å². The van der Waals surface area contributed by atoms with Crippen molar-refractivity contribution in [3.8, 4) is 0 Å². The van der Waals surface area contributed by atoms with E-state index in [1.165, 1.54) is 0 Å². The Kier molecular flexibility index (Phi) is 3.25. The third-order valence-corrected chi connectivity index (χ3v) is 5.58. The number of halogens is 1. The molecule has 3 rings (SSSR count). The average molecular weight is 326 g/mol. The molecule has 2 aliphatic heterocycles. The number of rotatable bonds is 3. The Hall–Kier alpha value is -0.420. The summed E-state index contributed by atoms with van der Waals surface area (Å²) < 4.78 is 6.97. The van der Waals surface area contributed by atoms with Crippen molar-refractivity contribution in [1.29, 1.82) is 0 Å². The Bertz CT molecular complexity index is 474. The molecule has 2 bridgehead atoms. The van der Waals surface area contributed by atoms with E-state index in [2.05, 4.69) is 15.9 Å². The molecule has 0 aromatic heterocycles. The minimum Gasteiger partial charge on any atom is -0.385 e. The molecular formula is C15H20BrNO2. The van der Waals surface area contributed by atoms with Gasteiger partial charge < -0.3 is 15.6 Å². The van der Waals surface area contributed by atoms with Crippen LogP contribution in [-0.2, 0) is 10.3 Å². The van der Waals surface area contributed by atoms with Crippen molar-refractivity contribution >= 4 is 15.9 Å². The maximum atomic E-state index is 11.2. The predicted molar refractivity (Wildman–Crippen MR) is 77.7 cm³/mol. The van der Waals surface area contributed by atoms with E-state index in [-0.39, 0.29) is 17.6 Å². The Morgan fingerprint density at radius 3 is 2.58 bits per heavy atom. The van der Waals surface area contributed by atoms with Gasteiger partial charge in [0.25, 0.3) is 0 Å². The summed E-state index contributed by atoms with van der Waals surface area (Å²) in [4.78, 5) is 0. The van der Waals surface area contributed by atoms with Crippen LogP contribution in [0.25, 0.3) is 0 Å². The van der Waals surface area contributed by atoms with Gasteiger partial charge in [0.2, 0.25) is 0 Å². The first-order chi connectivity index (χ1) is 8.99. The van der Waals surface area contributed by atoms with E-state index < -0.39 is 5.60 Å². The quantitative estimate of drug-likeness (QED) is 0.898. The first-order valence-electron chi connectivity index (χ1n) is 6.83. The summed E-state index contributed by atoms with van der Waals surface area (Å²) in [6.45, 7) is 2.34. The molecule has 4 heteroatoms. The standard InChI is InChI=1S/C15H20BrNO2/c1-14(18,10-2-4-11(16)5-3-10)15(9-17)8-12-6-7-13(15)19-12/h2-5,12-13,18H,6-9,17H2,1H3. The van der Waals surface area contributed by atoms with Crippen LogP contribution >= 0.6 is 15.9 Å². The second-order valence-electron chi connectivity index (χ2n) is 5.97. The fraction of sp³-hybridized carbons (Fsp3) is 0.600.